The molecule has 0 amide bonds. The molecule has 0 aromatic heterocycles. The average Bonchev–Trinajstić information content (AvgIpc) is 2.11. The molecular weight excluding hydrogens is 215 g/mol. The molecule has 0 spiro atoms. The summed E-state index contributed by atoms with van der Waals surface area (Å²) in [7, 11) is -4.03. The predicted octanol–water partition coefficient (Wildman–Crippen LogP) is 1.08. The number of hydrogen-bond donors (Lipinski definition) is 2. The molecule has 0 aliphatic rings. The second kappa shape index (κ2) is 6.37. The van der Waals surface area contributed by atoms with Crippen LogP contribution in [0.1, 0.15) is 27.7 Å². The summed E-state index contributed by atoms with van der Waals surface area (Å²) in [5, 5.41) is 8.35. The molecule has 5 nitrogen and oxygen atoms in total. The van der Waals surface area contributed by atoms with Gasteiger partial charge in [0.15, 0.2) is 0 Å². The van der Waals surface area contributed by atoms with Crippen molar-refractivity contribution in [3.63, 3.8) is 0 Å². The van der Waals surface area contributed by atoms with Crippen molar-refractivity contribution in [3.8, 4) is 5.81 Å². The van der Waals surface area contributed by atoms with E-state index in [1.165, 1.54) is 5.81 Å². The van der Waals surface area contributed by atoms with Gasteiger partial charge in [-0.25, -0.2) is 0 Å². The van der Waals surface area contributed by atoms with Crippen LogP contribution < -0.4 is 0 Å². The molecule has 0 rings (SSSR count). The first-order chi connectivity index (χ1) is 6.80. The van der Waals surface area contributed by atoms with Crippen LogP contribution in [0.5, 0.6) is 0 Å². The second-order valence-electron chi connectivity index (χ2n) is 3.99. The molecule has 0 aliphatic carbocycles. The van der Waals surface area contributed by atoms with Gasteiger partial charge in [0.05, 0.1) is 0 Å². The third kappa shape index (κ3) is 6.03. The Hall–Kier alpha value is -0.240. The Morgan fingerprint density at radius 1 is 1.27 bits per heavy atom. The van der Waals surface area contributed by atoms with E-state index < -0.39 is 7.94 Å². The summed E-state index contributed by atoms with van der Waals surface area (Å²) in [6.07, 6.45) is 0. The van der Waals surface area contributed by atoms with E-state index in [1.807, 2.05) is 0 Å². The van der Waals surface area contributed by atoms with Crippen LogP contribution in [0.3, 0.4) is 0 Å². The van der Waals surface area contributed by atoms with Gasteiger partial charge in [-0.1, -0.05) is 0 Å². The number of hydrogen-bond acceptors (Lipinski definition) is 5. The van der Waals surface area contributed by atoms with Crippen LogP contribution in [-0.2, 0) is 4.52 Å². The van der Waals surface area contributed by atoms with Gasteiger partial charge in [0, 0.05) is 0 Å². The van der Waals surface area contributed by atoms with Crippen LogP contribution in [0.4, 0.5) is 0 Å². The number of nitriles is 1. The molecule has 6 heteroatoms. The Bertz CT molecular complexity index is 218. The van der Waals surface area contributed by atoms with Gasteiger partial charge in [-0.3, -0.25) is 0 Å². The molecule has 0 heterocycles. The molecule has 0 radical (unpaired) electrons. The molecule has 0 saturated heterocycles. The maximum absolute atomic E-state index is 9.01. The molecule has 0 aromatic carbocycles. The summed E-state index contributed by atoms with van der Waals surface area (Å²) in [5.41, 5.74) is 0. The summed E-state index contributed by atoms with van der Waals surface area (Å²) in [6.45, 7) is 9.01. The van der Waals surface area contributed by atoms with Gasteiger partial charge in [0.2, 0.25) is 0 Å². The van der Waals surface area contributed by atoms with Crippen molar-refractivity contribution >= 4 is 7.94 Å². The Labute approximate surface area is 91.9 Å². The molecule has 0 saturated carbocycles. The van der Waals surface area contributed by atoms with Crippen molar-refractivity contribution in [2.24, 2.45) is 0 Å². The maximum atomic E-state index is 9.01. The third-order valence-electron chi connectivity index (χ3n) is 2.13. The predicted molar refractivity (Wildman–Crippen MR) is 61.3 cm³/mol. The molecule has 15 heavy (non-hydrogen) atoms. The first-order valence-corrected chi connectivity index (χ1v) is 6.86. The van der Waals surface area contributed by atoms with E-state index in [0.29, 0.717) is 18.6 Å². The fraction of sp³-hybridized carbons (Fsp3) is 0.889. The van der Waals surface area contributed by atoms with Crippen LogP contribution in [0.2, 0.25) is 0 Å². The molecular formula is C9H21N2O3P. The Balaban J connectivity index is 3.98. The Morgan fingerprint density at radius 2 is 1.73 bits per heavy atom. The van der Waals surface area contributed by atoms with Gasteiger partial charge < -0.3 is 0 Å². The minimum absolute atomic E-state index is 0.170. The van der Waals surface area contributed by atoms with E-state index >= 15 is 0 Å². The molecule has 0 aromatic rings. The van der Waals surface area contributed by atoms with Crippen molar-refractivity contribution < 1.29 is 14.3 Å². The van der Waals surface area contributed by atoms with Crippen LogP contribution in [0, 0.1) is 11.1 Å². The quantitative estimate of drug-likeness (QED) is 0.675. The van der Waals surface area contributed by atoms with E-state index in [4.69, 9.17) is 19.6 Å². The zero-order valence-corrected chi connectivity index (χ0v) is 10.8. The van der Waals surface area contributed by atoms with Crippen LogP contribution in [0.15, 0.2) is 0 Å². The first-order valence-electron chi connectivity index (χ1n) is 5.06. The number of rotatable bonds is 6. The Morgan fingerprint density at radius 3 is 2.07 bits per heavy atom. The standard InChI is InChI=1S/C9H21N2O3P/c1-8(2)11(9(3)4)5-6-14-15(12,13)7-10/h8-9,12-13,15H,5-6H2,1-4H3. The van der Waals surface area contributed by atoms with Gasteiger partial charge in [-0.2, -0.15) is 0 Å². The summed E-state index contributed by atoms with van der Waals surface area (Å²) in [6, 6.07) is 0.730. The van der Waals surface area contributed by atoms with Gasteiger partial charge in [-0.15, -0.1) is 0 Å². The summed E-state index contributed by atoms with van der Waals surface area (Å²) in [4.78, 5) is 20.2. The normalized spacial score (nSPS) is 13.6. The summed E-state index contributed by atoms with van der Waals surface area (Å²) < 4.78 is 4.76. The van der Waals surface area contributed by atoms with Crippen LogP contribution >= 0.6 is 7.94 Å². The van der Waals surface area contributed by atoms with E-state index in [9.17, 15) is 0 Å². The topological polar surface area (TPSA) is 76.7 Å². The van der Waals surface area contributed by atoms with E-state index in [2.05, 4.69) is 32.6 Å². The molecule has 0 fully saturated rings. The third-order valence-corrected chi connectivity index (χ3v) is 3.02. The second-order valence-corrected chi connectivity index (χ2v) is 5.72. The van der Waals surface area contributed by atoms with Crippen LogP contribution in [0.25, 0.3) is 0 Å². The van der Waals surface area contributed by atoms with E-state index in [1.54, 1.807) is 0 Å². The van der Waals surface area contributed by atoms with Gasteiger partial charge in [0.1, 0.15) is 0 Å². The molecule has 0 atom stereocenters. The number of nitrogens with zero attached hydrogens (tertiary/aromatic N) is 2. The van der Waals surface area contributed by atoms with Crippen molar-refractivity contribution in [2.45, 2.75) is 39.8 Å². The van der Waals surface area contributed by atoms with Gasteiger partial charge >= 0.3 is 91.2 Å². The summed E-state index contributed by atoms with van der Waals surface area (Å²) >= 11 is 0. The Kier molecular flexibility index (Phi) is 6.26. The first kappa shape index (κ1) is 14.8. The molecule has 0 bridgehead atoms. The monoisotopic (exact) mass is 236 g/mol. The van der Waals surface area contributed by atoms with Gasteiger partial charge in [0.25, 0.3) is 0 Å². The van der Waals surface area contributed by atoms with Crippen molar-refractivity contribution in [2.75, 3.05) is 13.2 Å². The van der Waals surface area contributed by atoms with Crippen molar-refractivity contribution in [3.05, 3.63) is 0 Å². The van der Waals surface area contributed by atoms with Gasteiger partial charge in [-0.05, 0) is 0 Å². The molecule has 0 aliphatic heterocycles. The molecule has 90 valence electrons. The minimum atomic E-state index is -4.03. The van der Waals surface area contributed by atoms with Crippen molar-refractivity contribution in [1.82, 2.24) is 4.90 Å². The van der Waals surface area contributed by atoms with Crippen molar-refractivity contribution in [1.29, 1.82) is 5.26 Å². The SMILES string of the molecule is CC(C)N(CCO[PH](O)(O)C#N)C(C)C. The zero-order valence-electron chi connectivity index (χ0n) is 9.77. The average molecular weight is 236 g/mol. The van der Waals surface area contributed by atoms with E-state index in [-0.39, 0.29) is 6.61 Å². The fourth-order valence-electron chi connectivity index (χ4n) is 1.44. The van der Waals surface area contributed by atoms with Crippen LogP contribution in [-0.4, -0.2) is 39.9 Å². The zero-order chi connectivity index (χ0) is 12.1. The summed E-state index contributed by atoms with van der Waals surface area (Å²) in [5.74, 6) is 1.38. The van der Waals surface area contributed by atoms with E-state index in [0.717, 1.165) is 0 Å². The molecule has 2 N–H and O–H groups in total. The molecule has 0 unspecified atom stereocenters. The fourth-order valence-corrected chi connectivity index (χ4v) is 1.88.